The Morgan fingerprint density at radius 1 is 1.25 bits per heavy atom. The van der Waals surface area contributed by atoms with E-state index in [1.807, 2.05) is 17.7 Å². The van der Waals surface area contributed by atoms with Crippen molar-refractivity contribution in [3.8, 4) is 0 Å². The van der Waals surface area contributed by atoms with Crippen molar-refractivity contribution < 1.29 is 4.39 Å². The molecular formula is C12H8ClFN2. The van der Waals surface area contributed by atoms with Crippen LogP contribution in [-0.2, 0) is 7.05 Å². The van der Waals surface area contributed by atoms with Crippen molar-refractivity contribution in [3.63, 3.8) is 0 Å². The van der Waals surface area contributed by atoms with E-state index in [4.69, 9.17) is 11.6 Å². The summed E-state index contributed by atoms with van der Waals surface area (Å²) in [6, 6.07) is 6.62. The Morgan fingerprint density at radius 3 is 2.88 bits per heavy atom. The number of rotatable bonds is 0. The maximum atomic E-state index is 13.2. The van der Waals surface area contributed by atoms with E-state index in [1.54, 1.807) is 12.3 Å². The Bertz CT molecular complexity index is 703. The van der Waals surface area contributed by atoms with E-state index in [-0.39, 0.29) is 5.82 Å². The lowest BCUT2D eigenvalue weighted by Crippen LogP contribution is -1.88. The minimum absolute atomic E-state index is 0.248. The number of halogens is 2. The van der Waals surface area contributed by atoms with Gasteiger partial charge >= 0.3 is 0 Å². The fourth-order valence-corrected chi connectivity index (χ4v) is 2.38. The molecule has 0 unspecified atom stereocenters. The molecule has 2 aromatic heterocycles. The third kappa shape index (κ3) is 1.15. The lowest BCUT2D eigenvalue weighted by atomic mass is 10.2. The van der Waals surface area contributed by atoms with Gasteiger partial charge in [0.15, 0.2) is 5.15 Å². The molecule has 2 heterocycles. The van der Waals surface area contributed by atoms with Crippen LogP contribution in [0.15, 0.2) is 30.5 Å². The van der Waals surface area contributed by atoms with Crippen LogP contribution in [-0.4, -0.2) is 9.55 Å². The molecule has 3 aromatic rings. The summed E-state index contributed by atoms with van der Waals surface area (Å²) in [4.78, 5) is 4.04. The molecule has 2 nitrogen and oxygen atoms in total. The minimum Gasteiger partial charge on any atom is -0.341 e. The summed E-state index contributed by atoms with van der Waals surface area (Å²) in [5.74, 6) is -0.248. The number of hydrogen-bond acceptors (Lipinski definition) is 1. The lowest BCUT2D eigenvalue weighted by Gasteiger charge is -1.98. The van der Waals surface area contributed by atoms with Gasteiger partial charge in [-0.1, -0.05) is 11.6 Å². The number of fused-ring (bicyclic) bond motifs is 3. The Balaban J connectivity index is 2.64. The van der Waals surface area contributed by atoms with E-state index in [1.165, 1.54) is 12.1 Å². The number of nitrogens with zero attached hydrogens (tertiary/aromatic N) is 2. The lowest BCUT2D eigenvalue weighted by molar-refractivity contribution is 0.629. The molecule has 0 spiro atoms. The number of pyridine rings is 1. The van der Waals surface area contributed by atoms with Crippen LogP contribution in [0.5, 0.6) is 0 Å². The van der Waals surface area contributed by atoms with Gasteiger partial charge in [0.2, 0.25) is 0 Å². The molecule has 16 heavy (non-hydrogen) atoms. The highest BCUT2D eigenvalue weighted by molar-refractivity contribution is 6.35. The third-order valence-corrected chi connectivity index (χ3v) is 3.10. The smallest absolute Gasteiger partial charge is 0.153 e. The maximum Gasteiger partial charge on any atom is 0.153 e. The number of aromatic nitrogens is 2. The van der Waals surface area contributed by atoms with Crippen molar-refractivity contribution in [2.75, 3.05) is 0 Å². The van der Waals surface area contributed by atoms with Gasteiger partial charge < -0.3 is 4.57 Å². The van der Waals surface area contributed by atoms with Crippen molar-refractivity contribution in [3.05, 3.63) is 41.4 Å². The summed E-state index contributed by atoms with van der Waals surface area (Å²) >= 11 is 6.05. The zero-order chi connectivity index (χ0) is 11.3. The van der Waals surface area contributed by atoms with Gasteiger partial charge in [-0.3, -0.25) is 0 Å². The SMILES string of the molecule is Cn1c2cc(F)ccc2c2ccnc(Cl)c21. The van der Waals surface area contributed by atoms with Gasteiger partial charge in [-0.15, -0.1) is 0 Å². The molecule has 4 heteroatoms. The summed E-state index contributed by atoms with van der Waals surface area (Å²) in [6.07, 6.45) is 1.66. The van der Waals surface area contributed by atoms with Gasteiger partial charge in [0, 0.05) is 24.0 Å². The Kier molecular flexibility index (Phi) is 1.91. The first-order valence-electron chi connectivity index (χ1n) is 4.86. The van der Waals surface area contributed by atoms with Gasteiger partial charge in [-0.2, -0.15) is 0 Å². The first-order valence-corrected chi connectivity index (χ1v) is 5.24. The molecule has 0 aliphatic heterocycles. The van der Waals surface area contributed by atoms with E-state index in [9.17, 15) is 4.39 Å². The van der Waals surface area contributed by atoms with Crippen LogP contribution in [0.1, 0.15) is 0 Å². The summed E-state index contributed by atoms with van der Waals surface area (Å²) in [5, 5.41) is 2.43. The van der Waals surface area contributed by atoms with Gasteiger partial charge in [0.05, 0.1) is 11.0 Å². The molecule has 0 fully saturated rings. The summed E-state index contributed by atoms with van der Waals surface area (Å²) < 4.78 is 15.0. The second-order valence-corrected chi connectivity index (χ2v) is 4.08. The predicted octanol–water partition coefficient (Wildman–Crippen LogP) is 3.52. The Labute approximate surface area is 96.3 Å². The Morgan fingerprint density at radius 2 is 2.06 bits per heavy atom. The molecule has 1 aromatic carbocycles. The zero-order valence-corrected chi connectivity index (χ0v) is 9.29. The van der Waals surface area contributed by atoms with Crippen molar-refractivity contribution in [2.24, 2.45) is 7.05 Å². The van der Waals surface area contributed by atoms with E-state index in [0.717, 1.165) is 21.8 Å². The van der Waals surface area contributed by atoms with E-state index >= 15 is 0 Å². The molecule has 3 rings (SSSR count). The van der Waals surface area contributed by atoms with Crippen LogP contribution in [0.4, 0.5) is 4.39 Å². The molecule has 0 radical (unpaired) electrons. The third-order valence-electron chi connectivity index (χ3n) is 2.83. The van der Waals surface area contributed by atoms with E-state index in [2.05, 4.69) is 4.98 Å². The second-order valence-electron chi connectivity index (χ2n) is 3.72. The van der Waals surface area contributed by atoms with Crippen molar-refractivity contribution >= 4 is 33.4 Å². The average Bonchev–Trinajstić information content (AvgIpc) is 2.54. The van der Waals surface area contributed by atoms with Crippen LogP contribution in [0, 0.1) is 5.82 Å². The molecule has 0 amide bonds. The average molecular weight is 235 g/mol. The standard InChI is InChI=1S/C12H8ClFN2/c1-16-10-6-7(14)2-3-8(10)9-4-5-15-12(13)11(9)16/h2-6H,1H3. The molecule has 0 N–H and O–H groups in total. The fourth-order valence-electron chi connectivity index (χ4n) is 2.10. The molecule has 0 aliphatic rings. The topological polar surface area (TPSA) is 17.8 Å². The normalized spacial score (nSPS) is 11.4. The fraction of sp³-hybridized carbons (Fsp3) is 0.0833. The van der Waals surface area contributed by atoms with Gasteiger partial charge in [0.1, 0.15) is 5.82 Å². The molecule has 0 atom stereocenters. The van der Waals surface area contributed by atoms with Crippen molar-refractivity contribution in [1.82, 2.24) is 9.55 Å². The quantitative estimate of drug-likeness (QED) is 0.544. The highest BCUT2D eigenvalue weighted by atomic mass is 35.5. The molecular weight excluding hydrogens is 227 g/mol. The minimum atomic E-state index is -0.248. The van der Waals surface area contributed by atoms with Crippen molar-refractivity contribution in [2.45, 2.75) is 0 Å². The molecule has 80 valence electrons. The van der Waals surface area contributed by atoms with Gasteiger partial charge in [-0.05, 0) is 24.3 Å². The number of benzene rings is 1. The monoisotopic (exact) mass is 234 g/mol. The molecule has 0 aliphatic carbocycles. The van der Waals surface area contributed by atoms with Crippen LogP contribution in [0.25, 0.3) is 21.8 Å². The summed E-state index contributed by atoms with van der Waals surface area (Å²) in [6.45, 7) is 0. The van der Waals surface area contributed by atoms with Crippen LogP contribution in [0.3, 0.4) is 0 Å². The largest absolute Gasteiger partial charge is 0.341 e. The number of aryl methyl sites for hydroxylation is 1. The van der Waals surface area contributed by atoms with Crippen LogP contribution < -0.4 is 0 Å². The molecule has 0 bridgehead atoms. The Hall–Kier alpha value is -1.61. The van der Waals surface area contributed by atoms with E-state index < -0.39 is 0 Å². The van der Waals surface area contributed by atoms with E-state index in [0.29, 0.717) is 5.15 Å². The first-order chi connectivity index (χ1) is 7.68. The van der Waals surface area contributed by atoms with Crippen LogP contribution in [0.2, 0.25) is 5.15 Å². The second kappa shape index (κ2) is 3.19. The van der Waals surface area contributed by atoms with Gasteiger partial charge in [-0.25, -0.2) is 9.37 Å². The first kappa shape index (κ1) is 9.60. The summed E-state index contributed by atoms with van der Waals surface area (Å²) in [7, 11) is 1.86. The zero-order valence-electron chi connectivity index (χ0n) is 8.54. The highest BCUT2D eigenvalue weighted by Crippen LogP contribution is 2.31. The van der Waals surface area contributed by atoms with Gasteiger partial charge in [0.25, 0.3) is 0 Å². The molecule has 0 saturated carbocycles. The maximum absolute atomic E-state index is 13.2. The van der Waals surface area contributed by atoms with Crippen LogP contribution >= 0.6 is 11.6 Å². The highest BCUT2D eigenvalue weighted by Gasteiger charge is 2.11. The predicted molar refractivity (Wildman–Crippen MR) is 63.2 cm³/mol. The number of hydrogen-bond donors (Lipinski definition) is 0. The van der Waals surface area contributed by atoms with Crippen molar-refractivity contribution in [1.29, 1.82) is 0 Å². The molecule has 0 saturated heterocycles. The summed E-state index contributed by atoms with van der Waals surface area (Å²) in [5.41, 5.74) is 1.66.